The summed E-state index contributed by atoms with van der Waals surface area (Å²) in [6.45, 7) is 0.275. The molecule has 2 rings (SSSR count). The van der Waals surface area contributed by atoms with Crippen LogP contribution in [-0.4, -0.2) is 40.0 Å². The van der Waals surface area contributed by atoms with Gasteiger partial charge in [-0.05, 0) is 6.92 Å². The van der Waals surface area contributed by atoms with Crippen LogP contribution in [0.1, 0.15) is 17.5 Å². The fourth-order valence-corrected chi connectivity index (χ4v) is 3.22. The van der Waals surface area contributed by atoms with Crippen molar-refractivity contribution in [2.45, 2.75) is 31.3 Å². The van der Waals surface area contributed by atoms with Gasteiger partial charge in [-0.15, -0.1) is 0 Å². The standard InChI is InChI=1S/C10H17N3O11P2/c1-3-10(15)13-9(11)5(12-3)8-6(14)7(24-26(19,20)21)4(23-8)2-22-25(16,17)18/h4,6-8,14H,2H2,1H3,(H3,11,13,15)(H2,16,17,18)(H2,19,20,21)/p-4/t4-,6-,7-,8+/m1/s1. The molecule has 0 spiro atoms. The normalized spacial score (nSPS) is 27.0. The Morgan fingerprint density at radius 1 is 1.31 bits per heavy atom. The van der Waals surface area contributed by atoms with Crippen molar-refractivity contribution in [2.24, 2.45) is 0 Å². The molecule has 26 heavy (non-hydrogen) atoms. The van der Waals surface area contributed by atoms with Crippen LogP contribution in [0.4, 0.5) is 5.82 Å². The van der Waals surface area contributed by atoms with Crippen molar-refractivity contribution in [1.29, 1.82) is 0 Å². The first kappa shape index (κ1) is 21.1. The number of nitrogens with one attached hydrogen (secondary N) is 1. The third kappa shape index (κ3) is 5.18. The maximum Gasteiger partial charge on any atom is 0.270 e. The Morgan fingerprint density at radius 2 is 1.92 bits per heavy atom. The van der Waals surface area contributed by atoms with E-state index in [1.807, 2.05) is 0 Å². The van der Waals surface area contributed by atoms with E-state index in [1.165, 1.54) is 6.92 Å². The average molecular weight is 413 g/mol. The van der Waals surface area contributed by atoms with Crippen LogP contribution in [0.15, 0.2) is 4.79 Å². The number of hydrogen-bond donors (Lipinski definition) is 3. The lowest BCUT2D eigenvalue weighted by Gasteiger charge is -2.35. The van der Waals surface area contributed by atoms with Crippen LogP contribution in [0.5, 0.6) is 0 Å². The molecule has 4 atom stereocenters. The van der Waals surface area contributed by atoms with Crippen molar-refractivity contribution in [3.63, 3.8) is 0 Å². The molecule has 1 aromatic heterocycles. The molecule has 1 aliphatic heterocycles. The van der Waals surface area contributed by atoms with Crippen molar-refractivity contribution in [3.8, 4) is 0 Å². The second kappa shape index (κ2) is 7.44. The summed E-state index contributed by atoms with van der Waals surface area (Å²) in [4.78, 5) is 60.4. The molecule has 0 unspecified atom stereocenters. The number of aromatic amines is 1. The highest BCUT2D eigenvalue weighted by Crippen LogP contribution is 2.42. The number of aryl methyl sites for hydroxylation is 1. The number of nitrogen functional groups attached to an aromatic ring is 1. The molecule has 0 radical (unpaired) electrons. The monoisotopic (exact) mass is 413 g/mol. The Bertz CT molecular complexity index is 817. The van der Waals surface area contributed by atoms with E-state index in [0.717, 1.165) is 0 Å². The first-order valence-corrected chi connectivity index (χ1v) is 9.77. The SMILES string of the molecule is Cc1nc([C@@H]2O[C@H](COP(=O)([O-])[O-])[C@@H](OP(=O)([O-])[O-])[C@H]2O)c(N)[nH]c1=O. The summed E-state index contributed by atoms with van der Waals surface area (Å²) >= 11 is 0. The van der Waals surface area contributed by atoms with Gasteiger partial charge in [0, 0.05) is 0 Å². The third-order valence-corrected chi connectivity index (χ3v) is 4.36. The van der Waals surface area contributed by atoms with Gasteiger partial charge in [0.05, 0.1) is 22.3 Å². The van der Waals surface area contributed by atoms with E-state index in [-0.39, 0.29) is 17.2 Å². The number of aliphatic hydroxyl groups is 1. The maximum absolute atomic E-state index is 11.5. The van der Waals surface area contributed by atoms with E-state index < -0.39 is 52.2 Å². The van der Waals surface area contributed by atoms with Gasteiger partial charge in [0.2, 0.25) is 0 Å². The summed E-state index contributed by atoms with van der Waals surface area (Å²) < 4.78 is 34.9. The third-order valence-electron chi connectivity index (χ3n) is 3.39. The molecule has 0 bridgehead atoms. The number of nitrogens with two attached hydrogens (primary N) is 1. The van der Waals surface area contributed by atoms with Crippen molar-refractivity contribution in [1.82, 2.24) is 9.97 Å². The predicted octanol–water partition coefficient (Wildman–Crippen LogP) is -4.48. The number of ether oxygens (including phenoxy) is 1. The quantitative estimate of drug-likeness (QED) is 0.373. The first-order valence-electron chi connectivity index (χ1n) is 6.85. The Balaban J connectivity index is 2.35. The second-order valence-electron chi connectivity index (χ2n) is 5.30. The number of aromatic nitrogens is 2. The summed E-state index contributed by atoms with van der Waals surface area (Å²) in [5, 5.41) is 10.2. The summed E-state index contributed by atoms with van der Waals surface area (Å²) in [6.07, 6.45) is -6.91. The van der Waals surface area contributed by atoms with Gasteiger partial charge in [-0.3, -0.25) is 4.79 Å². The average Bonchev–Trinajstić information content (AvgIpc) is 2.75. The molecular weight excluding hydrogens is 400 g/mol. The van der Waals surface area contributed by atoms with E-state index in [1.54, 1.807) is 0 Å². The van der Waals surface area contributed by atoms with Crippen molar-refractivity contribution < 1.29 is 47.6 Å². The molecule has 4 N–H and O–H groups in total. The summed E-state index contributed by atoms with van der Waals surface area (Å²) in [6, 6.07) is 0. The van der Waals surface area contributed by atoms with Crippen LogP contribution in [0.25, 0.3) is 0 Å². The highest BCUT2D eigenvalue weighted by Gasteiger charge is 2.47. The smallest absolute Gasteiger partial charge is 0.270 e. The zero-order chi connectivity index (χ0) is 19.9. The molecule has 16 heteroatoms. The summed E-state index contributed by atoms with van der Waals surface area (Å²) in [7, 11) is -11.1. The van der Waals surface area contributed by atoms with Crippen LogP contribution in [0, 0.1) is 6.92 Å². The van der Waals surface area contributed by atoms with Crippen molar-refractivity contribution in [3.05, 3.63) is 21.7 Å². The van der Waals surface area contributed by atoms with Crippen LogP contribution in [0.2, 0.25) is 0 Å². The van der Waals surface area contributed by atoms with E-state index >= 15 is 0 Å². The van der Waals surface area contributed by atoms with Crippen LogP contribution in [0.3, 0.4) is 0 Å². The highest BCUT2D eigenvalue weighted by atomic mass is 31.2. The Hall–Kier alpha value is -1.18. The maximum atomic E-state index is 11.5. The molecule has 0 amide bonds. The fourth-order valence-electron chi connectivity index (χ4n) is 2.33. The summed E-state index contributed by atoms with van der Waals surface area (Å²) in [5.41, 5.74) is 4.68. The van der Waals surface area contributed by atoms with Gasteiger partial charge in [-0.2, -0.15) is 0 Å². The Morgan fingerprint density at radius 3 is 2.46 bits per heavy atom. The van der Waals surface area contributed by atoms with E-state index in [0.29, 0.717) is 0 Å². The Labute approximate surface area is 145 Å². The number of phosphoric ester groups is 2. The van der Waals surface area contributed by atoms with Gasteiger partial charge in [-0.25, -0.2) is 4.98 Å². The van der Waals surface area contributed by atoms with E-state index in [4.69, 9.17) is 10.5 Å². The first-order chi connectivity index (χ1) is 11.8. The molecule has 1 aliphatic rings. The largest absolute Gasteiger partial charge is 0.790 e. The zero-order valence-electron chi connectivity index (χ0n) is 13.0. The number of phosphoric acid groups is 2. The van der Waals surface area contributed by atoms with Gasteiger partial charge in [-0.1, -0.05) is 0 Å². The lowest BCUT2D eigenvalue weighted by atomic mass is 10.1. The highest BCUT2D eigenvalue weighted by molar-refractivity contribution is 7.43. The minimum absolute atomic E-state index is 0.0656. The van der Waals surface area contributed by atoms with E-state index in [9.17, 15) is 38.6 Å². The molecule has 1 fully saturated rings. The van der Waals surface area contributed by atoms with Gasteiger partial charge in [0.15, 0.2) is 0 Å². The number of anilines is 1. The number of aliphatic hydroxyl groups excluding tert-OH is 1. The number of nitrogens with zero attached hydrogens (tertiary/aromatic N) is 1. The molecule has 2 heterocycles. The minimum Gasteiger partial charge on any atom is -0.790 e. The number of rotatable bonds is 6. The molecule has 148 valence electrons. The molecule has 0 aliphatic carbocycles. The summed E-state index contributed by atoms with van der Waals surface area (Å²) in [5.74, 6) is -0.323. The van der Waals surface area contributed by atoms with Gasteiger partial charge < -0.3 is 58.3 Å². The molecule has 0 aromatic carbocycles. The molecule has 1 saturated heterocycles. The van der Waals surface area contributed by atoms with Crippen LogP contribution in [-0.2, 0) is 22.9 Å². The second-order valence-corrected chi connectivity index (χ2v) is 7.55. The predicted molar refractivity (Wildman–Crippen MR) is 73.7 cm³/mol. The van der Waals surface area contributed by atoms with E-state index in [2.05, 4.69) is 19.0 Å². The Kier molecular flexibility index (Phi) is 6.05. The zero-order valence-corrected chi connectivity index (χ0v) is 14.8. The molecular formula is C10H13N3O11P2-4. The van der Waals surface area contributed by atoms with Crippen LogP contribution >= 0.6 is 15.6 Å². The van der Waals surface area contributed by atoms with Crippen molar-refractivity contribution in [2.75, 3.05) is 12.3 Å². The van der Waals surface area contributed by atoms with Gasteiger partial charge >= 0.3 is 0 Å². The van der Waals surface area contributed by atoms with Gasteiger partial charge in [0.25, 0.3) is 5.56 Å². The molecule has 14 nitrogen and oxygen atoms in total. The van der Waals surface area contributed by atoms with Crippen LogP contribution < -0.4 is 30.9 Å². The topological polar surface area (TPSA) is 246 Å². The van der Waals surface area contributed by atoms with Gasteiger partial charge in [0.1, 0.15) is 41.6 Å². The number of hydrogen-bond acceptors (Lipinski definition) is 13. The minimum atomic E-state index is -5.63. The number of H-pyrrole nitrogens is 1. The molecule has 1 aromatic rings. The lowest BCUT2D eigenvalue weighted by molar-refractivity contribution is -0.347. The fraction of sp³-hybridized carbons (Fsp3) is 0.600. The van der Waals surface area contributed by atoms with Crippen molar-refractivity contribution >= 4 is 21.5 Å². The molecule has 0 saturated carbocycles. The lowest BCUT2D eigenvalue weighted by Crippen LogP contribution is -2.38.